The predicted molar refractivity (Wildman–Crippen MR) is 68.0 cm³/mol. The minimum Gasteiger partial charge on any atom is -0.508 e. The van der Waals surface area contributed by atoms with Gasteiger partial charge >= 0.3 is 0 Å². The highest BCUT2D eigenvalue weighted by atomic mass is 32.1. The van der Waals surface area contributed by atoms with Crippen LogP contribution in [0.2, 0.25) is 0 Å². The lowest BCUT2D eigenvalue weighted by atomic mass is 10.1. The maximum atomic E-state index is 11.6. The van der Waals surface area contributed by atoms with Crippen LogP contribution in [0, 0.1) is 0 Å². The Morgan fingerprint density at radius 3 is 2.65 bits per heavy atom. The van der Waals surface area contributed by atoms with Gasteiger partial charge in [0.05, 0.1) is 13.0 Å². The van der Waals surface area contributed by atoms with Crippen molar-refractivity contribution in [1.82, 2.24) is 5.32 Å². The van der Waals surface area contributed by atoms with Crippen molar-refractivity contribution in [3.63, 3.8) is 0 Å². The van der Waals surface area contributed by atoms with E-state index in [2.05, 4.69) is 5.32 Å². The summed E-state index contributed by atoms with van der Waals surface area (Å²) in [5.74, 6) is 0.205. The summed E-state index contributed by atoms with van der Waals surface area (Å²) < 4.78 is 0. The number of hydrogen-bond donors (Lipinski definition) is 2. The summed E-state index contributed by atoms with van der Waals surface area (Å²) >= 11 is 1.63. The summed E-state index contributed by atoms with van der Waals surface area (Å²) in [4.78, 5) is 12.8. The first-order valence-electron chi connectivity index (χ1n) is 5.31. The van der Waals surface area contributed by atoms with Gasteiger partial charge in [-0.2, -0.15) is 0 Å². The number of carbonyl (C=O) groups is 1. The Kier molecular flexibility index (Phi) is 3.77. The van der Waals surface area contributed by atoms with Crippen LogP contribution in [-0.2, 0) is 17.8 Å². The summed E-state index contributed by atoms with van der Waals surface area (Å²) in [5.41, 5.74) is 0.895. The number of thiophene rings is 1. The fourth-order valence-corrected chi connectivity index (χ4v) is 2.11. The summed E-state index contributed by atoms with van der Waals surface area (Å²) in [5, 5.41) is 14.0. The number of amides is 1. The Bertz CT molecular complexity index is 477. The first kappa shape index (κ1) is 11.7. The number of benzene rings is 1. The molecule has 1 amide bonds. The Morgan fingerprint density at radius 2 is 2.00 bits per heavy atom. The molecule has 3 nitrogen and oxygen atoms in total. The van der Waals surface area contributed by atoms with E-state index in [4.69, 9.17) is 5.11 Å². The maximum absolute atomic E-state index is 11.6. The van der Waals surface area contributed by atoms with E-state index in [0.717, 1.165) is 10.4 Å². The second kappa shape index (κ2) is 5.50. The summed E-state index contributed by atoms with van der Waals surface area (Å²) in [6.07, 6.45) is 0.339. The molecule has 0 fully saturated rings. The molecule has 0 aliphatic rings. The standard InChI is InChI=1S/C13H13NO2S/c15-11-5-3-10(4-6-11)8-13(16)14-9-12-2-1-7-17-12/h1-7,15H,8-9H2,(H,14,16). The molecule has 88 valence electrons. The van der Waals surface area contributed by atoms with E-state index >= 15 is 0 Å². The molecule has 1 heterocycles. The smallest absolute Gasteiger partial charge is 0.224 e. The van der Waals surface area contributed by atoms with Gasteiger partial charge in [-0.25, -0.2) is 0 Å². The van der Waals surface area contributed by atoms with Gasteiger partial charge in [0, 0.05) is 4.88 Å². The molecule has 0 aliphatic heterocycles. The zero-order valence-electron chi connectivity index (χ0n) is 9.22. The molecule has 0 saturated heterocycles. The van der Waals surface area contributed by atoms with Gasteiger partial charge < -0.3 is 10.4 Å². The summed E-state index contributed by atoms with van der Waals surface area (Å²) in [7, 11) is 0. The molecule has 0 saturated carbocycles. The first-order chi connectivity index (χ1) is 8.24. The molecule has 0 aliphatic carbocycles. The lowest BCUT2D eigenvalue weighted by Crippen LogP contribution is -2.24. The minimum atomic E-state index is -0.0101. The lowest BCUT2D eigenvalue weighted by molar-refractivity contribution is -0.120. The Morgan fingerprint density at radius 1 is 1.24 bits per heavy atom. The van der Waals surface area contributed by atoms with Crippen LogP contribution in [0.4, 0.5) is 0 Å². The van der Waals surface area contributed by atoms with Crippen molar-refractivity contribution in [2.45, 2.75) is 13.0 Å². The number of aromatic hydroxyl groups is 1. The molecule has 17 heavy (non-hydrogen) atoms. The normalized spacial score (nSPS) is 10.1. The van der Waals surface area contributed by atoms with Crippen molar-refractivity contribution < 1.29 is 9.90 Å². The number of phenols is 1. The summed E-state index contributed by atoms with van der Waals surface area (Å²) in [6.45, 7) is 0.578. The zero-order valence-corrected chi connectivity index (χ0v) is 10.0. The highest BCUT2D eigenvalue weighted by Crippen LogP contribution is 2.10. The van der Waals surface area contributed by atoms with Gasteiger partial charge in [0.25, 0.3) is 0 Å². The Balaban J connectivity index is 1.83. The number of nitrogens with one attached hydrogen (secondary N) is 1. The van der Waals surface area contributed by atoms with Crippen LogP contribution in [0.5, 0.6) is 5.75 Å². The van der Waals surface area contributed by atoms with Gasteiger partial charge in [0.15, 0.2) is 0 Å². The van der Waals surface area contributed by atoms with Crippen molar-refractivity contribution in [2.75, 3.05) is 0 Å². The SMILES string of the molecule is O=C(Cc1ccc(O)cc1)NCc1cccs1. The molecule has 0 unspecified atom stereocenters. The molecular weight excluding hydrogens is 234 g/mol. The van der Waals surface area contributed by atoms with E-state index in [-0.39, 0.29) is 11.7 Å². The van der Waals surface area contributed by atoms with Gasteiger partial charge in [-0.05, 0) is 29.1 Å². The number of carbonyl (C=O) groups excluding carboxylic acids is 1. The molecule has 0 atom stereocenters. The minimum absolute atomic E-state index is 0.0101. The van der Waals surface area contributed by atoms with E-state index in [0.29, 0.717) is 13.0 Å². The van der Waals surface area contributed by atoms with Crippen LogP contribution in [0.3, 0.4) is 0 Å². The third kappa shape index (κ3) is 3.60. The van der Waals surface area contributed by atoms with Gasteiger partial charge in [-0.15, -0.1) is 11.3 Å². The monoisotopic (exact) mass is 247 g/mol. The van der Waals surface area contributed by atoms with Crippen molar-refractivity contribution in [1.29, 1.82) is 0 Å². The average Bonchev–Trinajstić information content (AvgIpc) is 2.83. The second-order valence-corrected chi connectivity index (χ2v) is 4.73. The van der Waals surface area contributed by atoms with Crippen molar-refractivity contribution in [3.05, 3.63) is 52.2 Å². The van der Waals surface area contributed by atoms with E-state index in [9.17, 15) is 4.79 Å². The average molecular weight is 247 g/mol. The Labute approximate surface area is 104 Å². The third-order valence-corrected chi connectivity index (χ3v) is 3.22. The molecular formula is C13H13NO2S. The van der Waals surface area contributed by atoms with E-state index in [1.165, 1.54) is 0 Å². The van der Waals surface area contributed by atoms with Crippen LogP contribution < -0.4 is 5.32 Å². The van der Waals surface area contributed by atoms with Crippen LogP contribution >= 0.6 is 11.3 Å². The predicted octanol–water partition coefficient (Wildman–Crippen LogP) is 2.31. The third-order valence-electron chi connectivity index (χ3n) is 2.34. The van der Waals surface area contributed by atoms with E-state index in [1.54, 1.807) is 35.6 Å². The fourth-order valence-electron chi connectivity index (χ4n) is 1.46. The van der Waals surface area contributed by atoms with E-state index in [1.807, 2.05) is 17.5 Å². The fraction of sp³-hybridized carbons (Fsp3) is 0.154. The molecule has 0 radical (unpaired) electrons. The molecule has 0 bridgehead atoms. The summed E-state index contributed by atoms with van der Waals surface area (Å²) in [6, 6.07) is 10.6. The number of rotatable bonds is 4. The first-order valence-corrected chi connectivity index (χ1v) is 6.19. The molecule has 1 aromatic carbocycles. The zero-order chi connectivity index (χ0) is 12.1. The molecule has 0 spiro atoms. The van der Waals surface area contributed by atoms with Gasteiger partial charge in [0.2, 0.25) is 5.91 Å². The Hall–Kier alpha value is -1.81. The van der Waals surface area contributed by atoms with Gasteiger partial charge in [-0.3, -0.25) is 4.79 Å². The molecule has 1 aromatic heterocycles. The van der Waals surface area contributed by atoms with Crippen LogP contribution in [0.15, 0.2) is 41.8 Å². The number of hydrogen-bond acceptors (Lipinski definition) is 3. The van der Waals surface area contributed by atoms with Crippen LogP contribution in [-0.4, -0.2) is 11.0 Å². The second-order valence-electron chi connectivity index (χ2n) is 3.70. The van der Waals surface area contributed by atoms with Crippen molar-refractivity contribution >= 4 is 17.2 Å². The maximum Gasteiger partial charge on any atom is 0.224 e. The molecule has 2 aromatic rings. The highest BCUT2D eigenvalue weighted by molar-refractivity contribution is 7.09. The van der Waals surface area contributed by atoms with Crippen LogP contribution in [0.25, 0.3) is 0 Å². The van der Waals surface area contributed by atoms with Crippen molar-refractivity contribution in [3.8, 4) is 5.75 Å². The van der Waals surface area contributed by atoms with Gasteiger partial charge in [-0.1, -0.05) is 18.2 Å². The van der Waals surface area contributed by atoms with E-state index < -0.39 is 0 Å². The highest BCUT2D eigenvalue weighted by Gasteiger charge is 2.03. The van der Waals surface area contributed by atoms with Gasteiger partial charge in [0.1, 0.15) is 5.75 Å². The topological polar surface area (TPSA) is 49.3 Å². The quantitative estimate of drug-likeness (QED) is 0.871. The van der Waals surface area contributed by atoms with Crippen molar-refractivity contribution in [2.24, 2.45) is 0 Å². The number of phenolic OH excluding ortho intramolecular Hbond substituents is 1. The lowest BCUT2D eigenvalue weighted by Gasteiger charge is -2.04. The molecule has 2 rings (SSSR count). The largest absolute Gasteiger partial charge is 0.508 e. The molecule has 4 heteroatoms. The molecule has 2 N–H and O–H groups in total. The van der Waals surface area contributed by atoms with Crippen LogP contribution in [0.1, 0.15) is 10.4 Å².